The van der Waals surface area contributed by atoms with Gasteiger partial charge in [0.25, 0.3) is 11.8 Å². The molecule has 0 saturated heterocycles. The molecule has 0 aliphatic carbocycles. The Kier molecular flexibility index (Phi) is 5.03. The lowest BCUT2D eigenvalue weighted by molar-refractivity contribution is -0.126. The molecule has 0 saturated carbocycles. The van der Waals surface area contributed by atoms with Gasteiger partial charge in [0.1, 0.15) is 11.4 Å². The van der Waals surface area contributed by atoms with Crippen LogP contribution in [0.2, 0.25) is 0 Å². The van der Waals surface area contributed by atoms with E-state index >= 15 is 0 Å². The molecule has 1 unspecified atom stereocenters. The lowest BCUT2D eigenvalue weighted by Crippen LogP contribution is -2.52. The molecule has 1 atom stereocenters. The molecule has 2 aliphatic heterocycles. The average Bonchev–Trinajstić information content (AvgIpc) is 3.35. The minimum Gasteiger partial charge on any atom is -0.450 e. The third-order valence-corrected chi connectivity index (χ3v) is 7.56. The van der Waals surface area contributed by atoms with Gasteiger partial charge in [0.05, 0.1) is 23.2 Å². The Morgan fingerprint density at radius 1 is 0.744 bits per heavy atom. The first-order chi connectivity index (χ1) is 19.0. The minimum atomic E-state index is -1.77. The van der Waals surface area contributed by atoms with Crippen LogP contribution in [0.5, 0.6) is 0 Å². The van der Waals surface area contributed by atoms with Crippen LogP contribution in [-0.4, -0.2) is 16.7 Å². The van der Waals surface area contributed by atoms with Gasteiger partial charge in [-0.3, -0.25) is 14.4 Å². The number of carbonyl (C=O) groups excluding carboxylic acids is 2. The van der Waals surface area contributed by atoms with Crippen LogP contribution >= 0.6 is 0 Å². The van der Waals surface area contributed by atoms with Crippen LogP contribution in [0.1, 0.15) is 32.8 Å². The summed E-state index contributed by atoms with van der Waals surface area (Å²) in [5.74, 6) is -1.81. The lowest BCUT2D eigenvalue weighted by atomic mass is 9.83. The first kappa shape index (κ1) is 23.1. The number of amides is 2. The number of benzene rings is 4. The van der Waals surface area contributed by atoms with Gasteiger partial charge in [-0.05, 0) is 35.4 Å². The molecule has 5 aromatic rings. The van der Waals surface area contributed by atoms with E-state index in [-0.39, 0.29) is 35.4 Å². The third-order valence-electron chi connectivity index (χ3n) is 7.56. The highest BCUT2D eigenvalue weighted by molar-refractivity contribution is 6.17. The van der Waals surface area contributed by atoms with Crippen LogP contribution in [-0.2, 0) is 23.4 Å². The normalized spacial score (nSPS) is 17.8. The van der Waals surface area contributed by atoms with Gasteiger partial charge < -0.3 is 14.2 Å². The number of para-hydroxylation sites is 1. The predicted octanol–water partition coefficient (Wildman–Crippen LogP) is 5.38. The van der Waals surface area contributed by atoms with E-state index in [1.165, 1.54) is 17.0 Å². The number of nitrogens with zero attached hydrogens (tertiary/aromatic N) is 2. The van der Waals surface area contributed by atoms with Gasteiger partial charge in [-0.2, -0.15) is 0 Å². The van der Waals surface area contributed by atoms with Crippen LogP contribution in [0.4, 0.5) is 10.1 Å². The van der Waals surface area contributed by atoms with Gasteiger partial charge in [-0.25, -0.2) is 4.39 Å². The number of hydrogen-bond acceptors (Lipinski definition) is 4. The smallest absolute Gasteiger partial charge is 0.291 e. The molecule has 1 aromatic heterocycles. The Morgan fingerprint density at radius 3 is 2.10 bits per heavy atom. The summed E-state index contributed by atoms with van der Waals surface area (Å²) in [6.45, 7) is 0.307. The monoisotopic (exact) mass is 516 g/mol. The van der Waals surface area contributed by atoms with Crippen molar-refractivity contribution in [3.8, 4) is 0 Å². The first-order valence-corrected chi connectivity index (χ1v) is 12.6. The van der Waals surface area contributed by atoms with Gasteiger partial charge in [-0.1, -0.05) is 78.9 Å². The van der Waals surface area contributed by atoms with E-state index in [1.807, 2.05) is 72.8 Å². The van der Waals surface area contributed by atoms with Crippen LogP contribution in [0.3, 0.4) is 0 Å². The van der Waals surface area contributed by atoms with E-state index in [2.05, 4.69) is 0 Å². The summed E-state index contributed by atoms with van der Waals surface area (Å²) in [4.78, 5) is 46.0. The summed E-state index contributed by atoms with van der Waals surface area (Å²) < 4.78 is 20.3. The number of fused-ring (bicyclic) bond motifs is 5. The van der Waals surface area contributed by atoms with E-state index in [1.54, 1.807) is 17.0 Å². The third kappa shape index (κ3) is 3.23. The van der Waals surface area contributed by atoms with Crippen molar-refractivity contribution >= 4 is 28.5 Å². The second-order valence-electron chi connectivity index (χ2n) is 9.76. The molecule has 0 N–H and O–H groups in total. The number of anilines is 1. The van der Waals surface area contributed by atoms with Gasteiger partial charge >= 0.3 is 0 Å². The minimum absolute atomic E-state index is 0.0192. The van der Waals surface area contributed by atoms with E-state index in [9.17, 15) is 18.8 Å². The van der Waals surface area contributed by atoms with Crippen molar-refractivity contribution in [2.45, 2.75) is 18.6 Å². The van der Waals surface area contributed by atoms with Crippen molar-refractivity contribution in [2.75, 3.05) is 4.90 Å². The molecule has 0 bridgehead atoms. The molecule has 4 aromatic carbocycles. The molecule has 39 heavy (non-hydrogen) atoms. The Morgan fingerprint density at radius 2 is 1.38 bits per heavy atom. The number of rotatable bonds is 4. The molecule has 1 spiro atoms. The Bertz CT molecular complexity index is 1850. The largest absolute Gasteiger partial charge is 0.450 e. The highest BCUT2D eigenvalue weighted by atomic mass is 19.1. The van der Waals surface area contributed by atoms with Gasteiger partial charge in [0.15, 0.2) is 11.0 Å². The molecular formula is C32H21FN2O4. The molecule has 7 heteroatoms. The van der Waals surface area contributed by atoms with E-state index in [0.717, 1.165) is 17.2 Å². The van der Waals surface area contributed by atoms with Crippen molar-refractivity contribution in [2.24, 2.45) is 0 Å². The van der Waals surface area contributed by atoms with Crippen molar-refractivity contribution in [1.29, 1.82) is 0 Å². The molecule has 0 radical (unpaired) electrons. The topological polar surface area (TPSA) is 70.8 Å². The van der Waals surface area contributed by atoms with Crippen LogP contribution < -0.4 is 10.3 Å². The molecule has 7 rings (SSSR count). The molecule has 3 heterocycles. The summed E-state index contributed by atoms with van der Waals surface area (Å²) >= 11 is 0. The fraction of sp³-hybridized carbons (Fsp3) is 0.0938. The molecule has 0 fully saturated rings. The van der Waals surface area contributed by atoms with E-state index in [0.29, 0.717) is 11.3 Å². The standard InChI is InChI=1S/C32H21FN2O4/c33-22-15-16-26-23(17-22)28(36)27-29(39-26)30(37)35(19-21-11-5-2-6-12-21)32(27)24-13-7-8-14-25(24)34(31(32)38)18-20-9-3-1-4-10-20/h1-17H,18-19H2. The summed E-state index contributed by atoms with van der Waals surface area (Å²) in [5, 5.41) is -0.0192. The second kappa shape index (κ2) is 8.49. The van der Waals surface area contributed by atoms with Gasteiger partial charge in [-0.15, -0.1) is 0 Å². The van der Waals surface area contributed by atoms with Gasteiger partial charge in [0, 0.05) is 12.1 Å². The maximum Gasteiger partial charge on any atom is 0.291 e. The SMILES string of the molecule is O=C1c2oc3ccc(F)cc3c(=O)c2C2(C(=O)N(Cc3ccccc3)c3ccccc32)N1Cc1ccccc1. The number of halogens is 1. The van der Waals surface area contributed by atoms with Crippen molar-refractivity contribution < 1.29 is 18.4 Å². The lowest BCUT2D eigenvalue weighted by Gasteiger charge is -2.34. The molecule has 6 nitrogen and oxygen atoms in total. The highest BCUT2D eigenvalue weighted by Crippen LogP contribution is 2.53. The molecule has 2 aliphatic rings. The molecular weight excluding hydrogens is 495 g/mol. The zero-order chi connectivity index (χ0) is 26.7. The quantitative estimate of drug-likeness (QED) is 0.322. The van der Waals surface area contributed by atoms with Crippen molar-refractivity contribution in [3.05, 3.63) is 147 Å². The van der Waals surface area contributed by atoms with E-state index in [4.69, 9.17) is 4.42 Å². The van der Waals surface area contributed by atoms with Crippen LogP contribution in [0.25, 0.3) is 11.0 Å². The summed E-state index contributed by atoms with van der Waals surface area (Å²) in [6.07, 6.45) is 0. The first-order valence-electron chi connectivity index (χ1n) is 12.6. The van der Waals surface area contributed by atoms with Crippen LogP contribution in [0.15, 0.2) is 112 Å². The summed E-state index contributed by atoms with van der Waals surface area (Å²) in [5.41, 5.74) is 0.437. The van der Waals surface area contributed by atoms with Gasteiger partial charge in [0.2, 0.25) is 5.76 Å². The Balaban J connectivity index is 1.53. The maximum absolute atomic E-state index is 14.7. The summed E-state index contributed by atoms with van der Waals surface area (Å²) in [6, 6.07) is 29.6. The maximum atomic E-state index is 14.7. The van der Waals surface area contributed by atoms with Crippen LogP contribution in [0, 0.1) is 5.82 Å². The Labute approximate surface area is 222 Å². The average molecular weight is 517 g/mol. The zero-order valence-electron chi connectivity index (χ0n) is 20.6. The zero-order valence-corrected chi connectivity index (χ0v) is 20.6. The van der Waals surface area contributed by atoms with E-state index < -0.39 is 28.6 Å². The second-order valence-corrected chi connectivity index (χ2v) is 9.76. The molecule has 190 valence electrons. The molecule has 2 amide bonds. The highest BCUT2D eigenvalue weighted by Gasteiger charge is 2.64. The summed E-state index contributed by atoms with van der Waals surface area (Å²) in [7, 11) is 0. The predicted molar refractivity (Wildman–Crippen MR) is 144 cm³/mol. The fourth-order valence-corrected chi connectivity index (χ4v) is 5.87. The Hall–Kier alpha value is -5.04. The number of hydrogen-bond donors (Lipinski definition) is 0. The van der Waals surface area contributed by atoms with Crippen molar-refractivity contribution in [3.63, 3.8) is 0 Å². The van der Waals surface area contributed by atoms with Crippen molar-refractivity contribution in [1.82, 2.24) is 4.90 Å². The fourth-order valence-electron chi connectivity index (χ4n) is 5.87. The number of carbonyl (C=O) groups is 2.